The Hall–Kier alpha value is -2.69. The molecule has 0 unspecified atom stereocenters. The number of nitrogens with one attached hydrogen (secondary N) is 1. The lowest BCUT2D eigenvalue weighted by Crippen LogP contribution is -2.15. The Morgan fingerprint density at radius 2 is 1.89 bits per heavy atom. The predicted molar refractivity (Wildman–Crippen MR) is 75.7 cm³/mol. The average Bonchev–Trinajstić information content (AvgIpc) is 2.36. The van der Waals surface area contributed by atoms with Crippen molar-refractivity contribution in [2.75, 3.05) is 16.8 Å². The van der Waals surface area contributed by atoms with Gasteiger partial charge >= 0.3 is 0 Å². The summed E-state index contributed by atoms with van der Waals surface area (Å²) in [6, 6.07) is 11.6. The number of nitrogens with two attached hydrogens (primary N) is 2. The van der Waals surface area contributed by atoms with Crippen LogP contribution in [0.25, 0.3) is 0 Å². The normalized spacial score (nSPS) is 10.1. The second-order valence-electron chi connectivity index (χ2n) is 4.20. The minimum atomic E-state index is -0.252. The Bertz CT molecular complexity index is 611. The van der Waals surface area contributed by atoms with E-state index in [1.165, 1.54) is 6.07 Å². The molecule has 0 aromatic heterocycles. The maximum Gasteiger partial charge on any atom is 0.228 e. The quantitative estimate of drug-likeness (QED) is 0.497. The number of phenolic OH excluding ortho intramolecular Hbond substituents is 1. The smallest absolute Gasteiger partial charge is 0.228 e. The van der Waals surface area contributed by atoms with E-state index in [4.69, 9.17) is 11.5 Å². The summed E-state index contributed by atoms with van der Waals surface area (Å²) in [4.78, 5) is 11.9. The summed E-state index contributed by atoms with van der Waals surface area (Å²) in [7, 11) is 0. The van der Waals surface area contributed by atoms with Gasteiger partial charge in [0.25, 0.3) is 0 Å². The third kappa shape index (κ3) is 3.16. The predicted octanol–water partition coefficient (Wildman–Crippen LogP) is 1.74. The van der Waals surface area contributed by atoms with Crippen molar-refractivity contribution in [2.45, 2.75) is 6.42 Å². The van der Waals surface area contributed by atoms with E-state index in [0.29, 0.717) is 22.6 Å². The molecule has 0 bridgehead atoms. The van der Waals surface area contributed by atoms with E-state index in [9.17, 15) is 9.90 Å². The molecule has 2 aromatic carbocycles. The van der Waals surface area contributed by atoms with Gasteiger partial charge in [0, 0.05) is 11.4 Å². The number of hydrogen-bond acceptors (Lipinski definition) is 4. The fourth-order valence-corrected chi connectivity index (χ4v) is 1.72. The molecule has 2 aromatic rings. The van der Waals surface area contributed by atoms with Gasteiger partial charge in [-0.25, -0.2) is 0 Å². The SMILES string of the molecule is Nc1ccc(CC(=O)Nc2ccccc2O)c(N)c1. The molecule has 0 saturated heterocycles. The highest BCUT2D eigenvalue weighted by atomic mass is 16.3. The zero-order valence-corrected chi connectivity index (χ0v) is 10.3. The van der Waals surface area contributed by atoms with Crippen LogP contribution in [0.3, 0.4) is 0 Å². The summed E-state index contributed by atoms with van der Waals surface area (Å²) in [6.45, 7) is 0. The van der Waals surface area contributed by atoms with Crippen molar-refractivity contribution in [3.8, 4) is 5.75 Å². The first-order valence-corrected chi connectivity index (χ1v) is 5.78. The number of carbonyl (C=O) groups excluding carboxylic acids is 1. The molecule has 2 rings (SSSR count). The summed E-state index contributed by atoms with van der Waals surface area (Å²) in [5.74, 6) is -0.223. The molecule has 0 spiro atoms. The largest absolute Gasteiger partial charge is 0.506 e. The minimum absolute atomic E-state index is 0.0288. The molecule has 0 heterocycles. The zero-order chi connectivity index (χ0) is 13.8. The number of anilines is 3. The van der Waals surface area contributed by atoms with E-state index in [1.54, 1.807) is 36.4 Å². The van der Waals surface area contributed by atoms with Crippen molar-refractivity contribution in [1.29, 1.82) is 0 Å². The number of benzene rings is 2. The topological polar surface area (TPSA) is 101 Å². The molecule has 5 nitrogen and oxygen atoms in total. The first-order chi connectivity index (χ1) is 9.06. The van der Waals surface area contributed by atoms with Crippen LogP contribution >= 0.6 is 0 Å². The molecule has 1 amide bonds. The number of hydrogen-bond donors (Lipinski definition) is 4. The van der Waals surface area contributed by atoms with Gasteiger partial charge in [0.1, 0.15) is 5.75 Å². The number of carbonyl (C=O) groups is 1. The van der Waals surface area contributed by atoms with Crippen LogP contribution in [-0.4, -0.2) is 11.0 Å². The van der Waals surface area contributed by atoms with Crippen LogP contribution in [0.5, 0.6) is 5.75 Å². The van der Waals surface area contributed by atoms with E-state index < -0.39 is 0 Å². The van der Waals surface area contributed by atoms with Crippen LogP contribution in [0.15, 0.2) is 42.5 Å². The summed E-state index contributed by atoms with van der Waals surface area (Å²) in [5, 5.41) is 12.2. The molecule has 0 saturated carbocycles. The molecule has 5 heteroatoms. The highest BCUT2D eigenvalue weighted by molar-refractivity contribution is 5.94. The number of amides is 1. The Kier molecular flexibility index (Phi) is 3.56. The molecule has 98 valence electrons. The molecule has 0 atom stereocenters. The van der Waals surface area contributed by atoms with Crippen molar-refractivity contribution < 1.29 is 9.90 Å². The Morgan fingerprint density at radius 1 is 1.16 bits per heavy atom. The molecule has 0 aliphatic carbocycles. The molecular weight excluding hydrogens is 242 g/mol. The second-order valence-corrected chi connectivity index (χ2v) is 4.20. The maximum atomic E-state index is 11.9. The number of para-hydroxylation sites is 2. The number of rotatable bonds is 3. The monoisotopic (exact) mass is 257 g/mol. The van der Waals surface area contributed by atoms with Gasteiger partial charge in [0.15, 0.2) is 0 Å². The second kappa shape index (κ2) is 5.30. The van der Waals surface area contributed by atoms with Crippen LogP contribution in [-0.2, 0) is 11.2 Å². The fourth-order valence-electron chi connectivity index (χ4n) is 1.72. The third-order valence-electron chi connectivity index (χ3n) is 2.70. The van der Waals surface area contributed by atoms with Gasteiger partial charge in [-0.2, -0.15) is 0 Å². The Morgan fingerprint density at radius 3 is 2.58 bits per heavy atom. The average molecular weight is 257 g/mol. The van der Waals surface area contributed by atoms with E-state index in [-0.39, 0.29) is 18.1 Å². The lowest BCUT2D eigenvalue weighted by Gasteiger charge is -2.09. The van der Waals surface area contributed by atoms with Crippen LogP contribution in [0, 0.1) is 0 Å². The van der Waals surface area contributed by atoms with Crippen LogP contribution in [0.1, 0.15) is 5.56 Å². The van der Waals surface area contributed by atoms with Gasteiger partial charge in [0.05, 0.1) is 12.1 Å². The first-order valence-electron chi connectivity index (χ1n) is 5.78. The lowest BCUT2D eigenvalue weighted by molar-refractivity contribution is -0.115. The first kappa shape index (κ1) is 12.8. The summed E-state index contributed by atoms with van der Waals surface area (Å²) < 4.78 is 0. The van der Waals surface area contributed by atoms with Gasteiger partial charge in [-0.15, -0.1) is 0 Å². The minimum Gasteiger partial charge on any atom is -0.506 e. The van der Waals surface area contributed by atoms with Gasteiger partial charge in [-0.05, 0) is 29.8 Å². The van der Waals surface area contributed by atoms with E-state index >= 15 is 0 Å². The van der Waals surface area contributed by atoms with Crippen LogP contribution < -0.4 is 16.8 Å². The fraction of sp³-hybridized carbons (Fsp3) is 0.0714. The standard InChI is InChI=1S/C14H15N3O2/c15-10-6-5-9(11(16)8-10)7-14(19)17-12-3-1-2-4-13(12)18/h1-6,8,18H,7,15-16H2,(H,17,19). The highest BCUT2D eigenvalue weighted by Gasteiger charge is 2.09. The number of phenols is 1. The van der Waals surface area contributed by atoms with Gasteiger partial charge < -0.3 is 21.9 Å². The maximum absolute atomic E-state index is 11.9. The van der Waals surface area contributed by atoms with Crippen LogP contribution in [0.2, 0.25) is 0 Å². The van der Waals surface area contributed by atoms with Gasteiger partial charge in [0.2, 0.25) is 5.91 Å². The number of nitrogen functional groups attached to an aromatic ring is 2. The zero-order valence-electron chi connectivity index (χ0n) is 10.3. The third-order valence-corrected chi connectivity index (χ3v) is 2.70. The number of aromatic hydroxyl groups is 1. The summed E-state index contributed by atoms with van der Waals surface area (Å²) in [6.07, 6.45) is 0.125. The molecule has 0 aliphatic rings. The van der Waals surface area contributed by atoms with E-state index in [1.807, 2.05) is 0 Å². The Labute approximate surface area is 110 Å². The van der Waals surface area contributed by atoms with Gasteiger partial charge in [-0.3, -0.25) is 4.79 Å². The van der Waals surface area contributed by atoms with Crippen molar-refractivity contribution in [2.24, 2.45) is 0 Å². The molecule has 6 N–H and O–H groups in total. The van der Waals surface area contributed by atoms with E-state index in [2.05, 4.69) is 5.32 Å². The van der Waals surface area contributed by atoms with Crippen molar-refractivity contribution >= 4 is 23.0 Å². The van der Waals surface area contributed by atoms with E-state index in [0.717, 1.165) is 0 Å². The summed E-state index contributed by atoms with van der Waals surface area (Å²) >= 11 is 0. The van der Waals surface area contributed by atoms with Crippen molar-refractivity contribution in [1.82, 2.24) is 0 Å². The van der Waals surface area contributed by atoms with Gasteiger partial charge in [-0.1, -0.05) is 18.2 Å². The molecule has 0 fully saturated rings. The lowest BCUT2D eigenvalue weighted by atomic mass is 10.1. The molecule has 19 heavy (non-hydrogen) atoms. The molecule has 0 radical (unpaired) electrons. The molecular formula is C14H15N3O2. The van der Waals surface area contributed by atoms with Crippen molar-refractivity contribution in [3.63, 3.8) is 0 Å². The Balaban J connectivity index is 2.08. The molecule has 0 aliphatic heterocycles. The van der Waals surface area contributed by atoms with Crippen LogP contribution in [0.4, 0.5) is 17.1 Å². The summed E-state index contributed by atoms with van der Waals surface area (Å²) in [5.41, 5.74) is 13.5. The van der Waals surface area contributed by atoms with Crippen molar-refractivity contribution in [3.05, 3.63) is 48.0 Å². The highest BCUT2D eigenvalue weighted by Crippen LogP contribution is 2.22.